The van der Waals surface area contributed by atoms with Gasteiger partial charge in [0.25, 0.3) is 5.91 Å². The number of para-hydroxylation sites is 2. The molecule has 5 nitrogen and oxygen atoms in total. The summed E-state index contributed by atoms with van der Waals surface area (Å²) in [5.41, 5.74) is 4.72. The number of nitrogens with one attached hydrogen (secondary N) is 1. The highest BCUT2D eigenvalue weighted by Crippen LogP contribution is 2.27. The van der Waals surface area contributed by atoms with Gasteiger partial charge in [-0.2, -0.15) is 0 Å². The number of carbonyl (C=O) groups excluding carboxylic acids is 1. The summed E-state index contributed by atoms with van der Waals surface area (Å²) in [6, 6.07) is 25.3. The molecule has 0 atom stereocenters. The molecule has 0 saturated heterocycles. The van der Waals surface area contributed by atoms with Crippen LogP contribution in [0.1, 0.15) is 27.3 Å². The lowest BCUT2D eigenvalue weighted by Crippen LogP contribution is -2.11. The molecule has 150 valence electrons. The standard InChI is InChI=1S/C24H22N4OS/c1-17-9-6-7-14-22(17)28-18(2)26-27-24(28)30-16-19-10-8-11-20(15-19)23(29)25-21-12-4-3-5-13-21/h3-15H,16H2,1-2H3,(H,25,29). The maximum absolute atomic E-state index is 12.6. The average Bonchev–Trinajstić information content (AvgIpc) is 3.14. The number of aromatic nitrogens is 3. The molecule has 1 heterocycles. The summed E-state index contributed by atoms with van der Waals surface area (Å²) in [5, 5.41) is 12.4. The Hall–Kier alpha value is -3.38. The number of hydrogen-bond acceptors (Lipinski definition) is 4. The van der Waals surface area contributed by atoms with E-state index in [9.17, 15) is 4.79 Å². The van der Waals surface area contributed by atoms with Crippen molar-refractivity contribution in [2.75, 3.05) is 5.32 Å². The minimum absolute atomic E-state index is 0.119. The van der Waals surface area contributed by atoms with Crippen LogP contribution in [0.4, 0.5) is 5.69 Å². The van der Waals surface area contributed by atoms with E-state index in [2.05, 4.69) is 39.1 Å². The lowest BCUT2D eigenvalue weighted by Gasteiger charge is -2.11. The molecule has 1 aromatic heterocycles. The van der Waals surface area contributed by atoms with E-state index < -0.39 is 0 Å². The SMILES string of the molecule is Cc1ccccc1-n1c(C)nnc1SCc1cccc(C(=O)Nc2ccccc2)c1. The number of anilines is 1. The van der Waals surface area contributed by atoms with Crippen LogP contribution in [0, 0.1) is 13.8 Å². The van der Waals surface area contributed by atoms with Gasteiger partial charge in [-0.15, -0.1) is 10.2 Å². The average molecular weight is 415 g/mol. The molecule has 0 fully saturated rings. The fraction of sp³-hybridized carbons (Fsp3) is 0.125. The van der Waals surface area contributed by atoms with Crippen LogP contribution in [0.25, 0.3) is 5.69 Å². The number of rotatable bonds is 6. The number of thioether (sulfide) groups is 1. The second kappa shape index (κ2) is 8.97. The highest BCUT2D eigenvalue weighted by Gasteiger charge is 2.14. The molecule has 1 N–H and O–H groups in total. The fourth-order valence-electron chi connectivity index (χ4n) is 3.20. The van der Waals surface area contributed by atoms with Crippen LogP contribution in [0.3, 0.4) is 0 Å². The minimum atomic E-state index is -0.119. The normalized spacial score (nSPS) is 10.7. The molecule has 0 aliphatic carbocycles. The summed E-state index contributed by atoms with van der Waals surface area (Å²) in [5.74, 6) is 1.42. The largest absolute Gasteiger partial charge is 0.322 e. The smallest absolute Gasteiger partial charge is 0.255 e. The van der Waals surface area contributed by atoms with E-state index in [1.807, 2.05) is 73.7 Å². The Bertz CT molecular complexity index is 1170. The van der Waals surface area contributed by atoms with Gasteiger partial charge < -0.3 is 5.32 Å². The molecule has 30 heavy (non-hydrogen) atoms. The molecule has 0 aliphatic heterocycles. The molecule has 0 saturated carbocycles. The molecule has 4 aromatic rings. The molecule has 0 bridgehead atoms. The van der Waals surface area contributed by atoms with Crippen LogP contribution in [0.2, 0.25) is 0 Å². The number of amides is 1. The van der Waals surface area contributed by atoms with Gasteiger partial charge in [0.2, 0.25) is 0 Å². The zero-order valence-electron chi connectivity index (χ0n) is 16.9. The topological polar surface area (TPSA) is 59.8 Å². The van der Waals surface area contributed by atoms with Crippen LogP contribution in [0.15, 0.2) is 84.0 Å². The summed E-state index contributed by atoms with van der Waals surface area (Å²) in [6.07, 6.45) is 0. The van der Waals surface area contributed by atoms with E-state index in [-0.39, 0.29) is 5.91 Å². The van der Waals surface area contributed by atoms with E-state index in [4.69, 9.17) is 0 Å². The molecule has 3 aromatic carbocycles. The molecular weight excluding hydrogens is 392 g/mol. The first-order valence-corrected chi connectivity index (χ1v) is 10.7. The first kappa shape index (κ1) is 19.9. The van der Waals surface area contributed by atoms with Crippen LogP contribution in [-0.4, -0.2) is 20.7 Å². The minimum Gasteiger partial charge on any atom is -0.322 e. The van der Waals surface area contributed by atoms with E-state index in [1.165, 1.54) is 5.56 Å². The molecule has 6 heteroatoms. The predicted octanol–water partition coefficient (Wildman–Crippen LogP) is 5.43. The quantitative estimate of drug-likeness (QED) is 0.428. The van der Waals surface area contributed by atoms with Gasteiger partial charge in [0.1, 0.15) is 5.82 Å². The summed E-state index contributed by atoms with van der Waals surface area (Å²) in [6.45, 7) is 4.04. The van der Waals surface area contributed by atoms with Crippen LogP contribution >= 0.6 is 11.8 Å². The highest BCUT2D eigenvalue weighted by molar-refractivity contribution is 7.98. The number of hydrogen-bond donors (Lipinski definition) is 1. The maximum atomic E-state index is 12.6. The van der Waals surface area contributed by atoms with Gasteiger partial charge in [0.05, 0.1) is 5.69 Å². The zero-order valence-corrected chi connectivity index (χ0v) is 17.7. The third-order valence-corrected chi connectivity index (χ3v) is 5.74. The van der Waals surface area contributed by atoms with Crippen molar-refractivity contribution in [3.8, 4) is 5.69 Å². The van der Waals surface area contributed by atoms with Gasteiger partial charge in [0, 0.05) is 17.0 Å². The Morgan fingerprint density at radius 1 is 0.933 bits per heavy atom. The predicted molar refractivity (Wildman–Crippen MR) is 121 cm³/mol. The lowest BCUT2D eigenvalue weighted by atomic mass is 10.1. The Labute approximate surface area is 180 Å². The number of benzene rings is 3. The second-order valence-corrected chi connectivity index (χ2v) is 7.90. The molecule has 0 radical (unpaired) electrons. The summed E-state index contributed by atoms with van der Waals surface area (Å²) in [7, 11) is 0. The van der Waals surface area contributed by atoms with Crippen molar-refractivity contribution in [3.63, 3.8) is 0 Å². The van der Waals surface area contributed by atoms with Crippen molar-refractivity contribution in [3.05, 3.63) is 101 Å². The molecule has 0 spiro atoms. The van der Waals surface area contributed by atoms with Gasteiger partial charge >= 0.3 is 0 Å². The van der Waals surface area contributed by atoms with Crippen molar-refractivity contribution >= 4 is 23.4 Å². The van der Waals surface area contributed by atoms with E-state index in [0.717, 1.165) is 27.9 Å². The zero-order chi connectivity index (χ0) is 20.9. The van der Waals surface area contributed by atoms with Crippen molar-refractivity contribution in [1.29, 1.82) is 0 Å². The monoisotopic (exact) mass is 414 g/mol. The maximum Gasteiger partial charge on any atom is 0.255 e. The van der Waals surface area contributed by atoms with E-state index in [0.29, 0.717) is 11.3 Å². The summed E-state index contributed by atoms with van der Waals surface area (Å²) >= 11 is 1.61. The Morgan fingerprint density at radius 3 is 2.50 bits per heavy atom. The van der Waals surface area contributed by atoms with Crippen molar-refractivity contribution in [1.82, 2.24) is 14.8 Å². The molecule has 0 aliphatic rings. The number of nitrogens with zero attached hydrogens (tertiary/aromatic N) is 3. The van der Waals surface area contributed by atoms with Gasteiger partial charge in [-0.25, -0.2) is 0 Å². The van der Waals surface area contributed by atoms with Gasteiger partial charge in [-0.1, -0.05) is 60.3 Å². The third kappa shape index (κ3) is 4.44. The molecular formula is C24H22N4OS. The summed E-state index contributed by atoms with van der Waals surface area (Å²) in [4.78, 5) is 12.6. The van der Waals surface area contributed by atoms with E-state index >= 15 is 0 Å². The van der Waals surface area contributed by atoms with E-state index in [1.54, 1.807) is 11.8 Å². The molecule has 0 unspecified atom stereocenters. The lowest BCUT2D eigenvalue weighted by molar-refractivity contribution is 0.102. The number of aryl methyl sites for hydroxylation is 2. The highest BCUT2D eigenvalue weighted by atomic mass is 32.2. The van der Waals surface area contributed by atoms with Gasteiger partial charge in [-0.05, 0) is 55.3 Å². The van der Waals surface area contributed by atoms with Crippen molar-refractivity contribution < 1.29 is 4.79 Å². The Kier molecular flexibility index (Phi) is 5.95. The summed E-state index contributed by atoms with van der Waals surface area (Å²) < 4.78 is 2.08. The second-order valence-electron chi connectivity index (χ2n) is 6.96. The molecule has 1 amide bonds. The van der Waals surface area contributed by atoms with Crippen molar-refractivity contribution in [2.24, 2.45) is 0 Å². The van der Waals surface area contributed by atoms with Crippen molar-refractivity contribution in [2.45, 2.75) is 24.8 Å². The molecule has 4 rings (SSSR count). The first-order chi connectivity index (χ1) is 14.6. The number of carbonyl (C=O) groups is 1. The fourth-order valence-corrected chi connectivity index (χ4v) is 4.14. The van der Waals surface area contributed by atoms with Crippen LogP contribution < -0.4 is 5.32 Å². The Morgan fingerprint density at radius 2 is 1.70 bits per heavy atom. The third-order valence-electron chi connectivity index (χ3n) is 4.74. The van der Waals surface area contributed by atoms with Gasteiger partial charge in [-0.3, -0.25) is 9.36 Å². The van der Waals surface area contributed by atoms with Crippen LogP contribution in [-0.2, 0) is 5.75 Å². The van der Waals surface area contributed by atoms with Crippen LogP contribution in [0.5, 0.6) is 0 Å². The Balaban J connectivity index is 1.50. The van der Waals surface area contributed by atoms with Gasteiger partial charge in [0.15, 0.2) is 5.16 Å². The first-order valence-electron chi connectivity index (χ1n) is 9.68.